The monoisotopic (exact) mass is 873 g/mol. The molecule has 0 atom stereocenters. The van der Waals surface area contributed by atoms with Gasteiger partial charge in [0.15, 0.2) is 0 Å². The van der Waals surface area contributed by atoms with E-state index in [0.29, 0.717) is 0 Å². The first-order valence-electron chi connectivity index (χ1n) is 22.9. The van der Waals surface area contributed by atoms with E-state index in [0.717, 1.165) is 66.1 Å². The smallest absolute Gasteiger partial charge is 0.0480 e. The Morgan fingerprint density at radius 1 is 0.313 bits per heavy atom. The Bertz CT molecular complexity index is 2970. The van der Waals surface area contributed by atoms with Crippen LogP contribution in [0.15, 0.2) is 133 Å². The highest BCUT2D eigenvalue weighted by molar-refractivity contribution is 5.91. The Morgan fingerprint density at radius 3 is 1.09 bits per heavy atom. The Labute approximate surface area is 407 Å². The van der Waals surface area contributed by atoms with E-state index in [1.165, 1.54) is 30.0 Å². The van der Waals surface area contributed by atoms with Crippen LogP contribution in [0.2, 0.25) is 0 Å². The summed E-state index contributed by atoms with van der Waals surface area (Å²) in [5.41, 5.74) is 7.23. The quantitative estimate of drug-likeness (QED) is 0.133. The van der Waals surface area contributed by atoms with Crippen molar-refractivity contribution < 1.29 is 0 Å². The van der Waals surface area contributed by atoms with Crippen molar-refractivity contribution in [2.45, 2.75) is 102 Å². The van der Waals surface area contributed by atoms with Crippen molar-refractivity contribution in [3.05, 3.63) is 178 Å². The Hall–Kier alpha value is -8.20. The Balaban J connectivity index is 0.000000811. The summed E-state index contributed by atoms with van der Waals surface area (Å²) in [6, 6.07) is 44.1. The minimum absolute atomic E-state index is 0.863. The number of benzene rings is 7. The zero-order valence-electron chi connectivity index (χ0n) is 42.1. The van der Waals surface area contributed by atoms with E-state index in [4.69, 9.17) is 25.7 Å². The highest BCUT2D eigenvalue weighted by Gasteiger charge is 2.04. The van der Waals surface area contributed by atoms with Crippen LogP contribution in [-0.2, 0) is 0 Å². The highest BCUT2D eigenvalue weighted by Crippen LogP contribution is 2.23. The topological polar surface area (TPSA) is 0 Å². The average molecular weight is 873 g/mol. The third-order valence-corrected chi connectivity index (χ3v) is 8.31. The highest BCUT2D eigenvalue weighted by atomic mass is 14.1. The van der Waals surface area contributed by atoms with Crippen molar-refractivity contribution in [2.75, 3.05) is 0 Å². The van der Waals surface area contributed by atoms with E-state index in [1.54, 1.807) is 6.92 Å². The first-order chi connectivity index (χ1) is 32.7. The van der Waals surface area contributed by atoms with Crippen LogP contribution in [0.4, 0.5) is 0 Å². The summed E-state index contributed by atoms with van der Waals surface area (Å²) in [7, 11) is 0. The van der Waals surface area contributed by atoms with Gasteiger partial charge >= 0.3 is 0 Å². The largest absolute Gasteiger partial charge is 0.115 e. The SMILES string of the molecule is C#Cc1c(C#CC)ccc2ccccc12.C#Cc1cc2ccccc2cc1C#CC.C#Cc1ccc2ccccc2c1C#CC.C#Cc1ccccc1C#CC.CC.CCC.CCC.CCC. The number of fused-ring (bicyclic) bond motifs is 3. The van der Waals surface area contributed by atoms with Gasteiger partial charge in [0.2, 0.25) is 0 Å². The maximum atomic E-state index is 5.53. The van der Waals surface area contributed by atoms with E-state index < -0.39 is 0 Å². The molecule has 0 N–H and O–H groups in total. The van der Waals surface area contributed by atoms with Gasteiger partial charge in [0, 0.05) is 44.5 Å². The molecule has 0 aliphatic rings. The van der Waals surface area contributed by atoms with Gasteiger partial charge in [-0.2, -0.15) is 0 Å². The molecule has 0 aliphatic carbocycles. The van der Waals surface area contributed by atoms with Crippen molar-refractivity contribution in [3.63, 3.8) is 0 Å². The van der Waals surface area contributed by atoms with E-state index in [9.17, 15) is 0 Å². The molecule has 0 amide bonds. The van der Waals surface area contributed by atoms with Crippen LogP contribution in [0, 0.1) is 96.7 Å². The number of terminal acetylenes is 4. The summed E-state index contributed by atoms with van der Waals surface area (Å²) in [5, 5.41) is 6.89. The lowest BCUT2D eigenvalue weighted by molar-refractivity contribution is 1.09. The molecule has 0 radical (unpaired) electrons. The van der Waals surface area contributed by atoms with Gasteiger partial charge in [-0.25, -0.2) is 0 Å². The molecule has 0 heteroatoms. The summed E-state index contributed by atoms with van der Waals surface area (Å²) < 4.78 is 0. The summed E-state index contributed by atoms with van der Waals surface area (Å²) in [6.45, 7) is 24.0. The molecule has 0 aliphatic heterocycles. The van der Waals surface area contributed by atoms with Gasteiger partial charge in [-0.1, -0.05) is 219 Å². The van der Waals surface area contributed by atoms with E-state index in [1.807, 2.05) is 132 Å². The van der Waals surface area contributed by atoms with Crippen LogP contribution in [0.3, 0.4) is 0 Å². The van der Waals surface area contributed by atoms with Crippen molar-refractivity contribution in [1.82, 2.24) is 0 Å². The second-order valence-corrected chi connectivity index (χ2v) is 13.9. The van der Waals surface area contributed by atoms with Crippen molar-refractivity contribution in [3.8, 4) is 96.7 Å². The third-order valence-electron chi connectivity index (χ3n) is 8.31. The fraction of sp³-hybridized carbons (Fsp3) is 0.224. The van der Waals surface area contributed by atoms with E-state index in [-0.39, 0.29) is 0 Å². The number of hydrogen-bond acceptors (Lipinski definition) is 0. The standard InChI is InChI=1S/3C15H10.C11H8.3C3H8.C2H6/c1-3-7-13-11-15-9-6-5-8-14(15)10-12(13)4-2;1-3-7-12-10-11-13-8-5-6-9-15(13)14(12)4-2;1-3-7-14-12(4-2)10-11-13-8-5-6-9-15(13)14;1-3-7-11-9-6-5-8-10(11)4-2;3*1-3-2;1-2/h3*2,5-6,8-11H,1H3;2,5-6,8-9H,1H3;3*3H2,1-2H3;1-2H3. The summed E-state index contributed by atoms with van der Waals surface area (Å²) in [5.74, 6) is 34.2. The molecule has 0 saturated heterocycles. The Kier molecular flexibility index (Phi) is 32.6. The second-order valence-electron chi connectivity index (χ2n) is 13.9. The van der Waals surface area contributed by atoms with Crippen LogP contribution in [0.5, 0.6) is 0 Å². The maximum Gasteiger partial charge on any atom is 0.0480 e. The molecule has 336 valence electrons. The molecule has 67 heavy (non-hydrogen) atoms. The molecule has 0 spiro atoms. The van der Waals surface area contributed by atoms with Crippen molar-refractivity contribution >= 4 is 32.3 Å². The molecule has 0 heterocycles. The van der Waals surface area contributed by atoms with Gasteiger partial charge in [-0.3, -0.25) is 0 Å². The predicted octanol–water partition coefficient (Wildman–Crippen LogP) is 16.9. The van der Waals surface area contributed by atoms with Crippen LogP contribution >= 0.6 is 0 Å². The zero-order chi connectivity index (χ0) is 50.2. The molecule has 0 nitrogen and oxygen atoms in total. The molecule has 7 aromatic carbocycles. The van der Waals surface area contributed by atoms with Gasteiger partial charge in [-0.15, -0.1) is 49.4 Å². The van der Waals surface area contributed by atoms with E-state index in [2.05, 4.69) is 149 Å². The minimum atomic E-state index is 0.863. The zero-order valence-corrected chi connectivity index (χ0v) is 42.1. The van der Waals surface area contributed by atoms with Crippen LogP contribution in [0.1, 0.15) is 147 Å². The molecule has 0 fully saturated rings. The molecule has 7 aromatic rings. The fourth-order valence-corrected chi connectivity index (χ4v) is 5.77. The molecular formula is C67H68. The molecule has 0 bridgehead atoms. The predicted molar refractivity (Wildman–Crippen MR) is 299 cm³/mol. The lowest BCUT2D eigenvalue weighted by Gasteiger charge is -2.03. The minimum Gasteiger partial charge on any atom is -0.115 e. The van der Waals surface area contributed by atoms with Gasteiger partial charge in [0.25, 0.3) is 0 Å². The van der Waals surface area contributed by atoms with Gasteiger partial charge in [0.05, 0.1) is 0 Å². The number of rotatable bonds is 0. The number of hydrogen-bond donors (Lipinski definition) is 0. The van der Waals surface area contributed by atoms with E-state index >= 15 is 0 Å². The fourth-order valence-electron chi connectivity index (χ4n) is 5.77. The van der Waals surface area contributed by atoms with Crippen molar-refractivity contribution in [2.24, 2.45) is 0 Å². The lowest BCUT2D eigenvalue weighted by Crippen LogP contribution is -1.85. The average Bonchev–Trinajstić information content (AvgIpc) is 3.36. The maximum absolute atomic E-state index is 5.53. The van der Waals surface area contributed by atoms with Gasteiger partial charge < -0.3 is 0 Å². The summed E-state index contributed by atoms with van der Waals surface area (Å²) in [4.78, 5) is 0. The molecule has 0 unspecified atom stereocenters. The molecule has 7 rings (SSSR count). The van der Waals surface area contributed by atoms with Crippen LogP contribution < -0.4 is 0 Å². The molecule has 0 aromatic heterocycles. The third kappa shape index (κ3) is 20.5. The van der Waals surface area contributed by atoms with Crippen molar-refractivity contribution in [1.29, 1.82) is 0 Å². The Morgan fingerprint density at radius 2 is 0.657 bits per heavy atom. The van der Waals surface area contributed by atoms with Gasteiger partial charge in [-0.05, 0) is 96.4 Å². The van der Waals surface area contributed by atoms with Gasteiger partial charge in [0.1, 0.15) is 0 Å². The van der Waals surface area contributed by atoms with Crippen LogP contribution in [-0.4, -0.2) is 0 Å². The first kappa shape index (κ1) is 58.8. The molecular weight excluding hydrogens is 805 g/mol. The van der Waals surface area contributed by atoms with Crippen LogP contribution in [0.25, 0.3) is 32.3 Å². The summed E-state index contributed by atoms with van der Waals surface area (Å²) >= 11 is 0. The first-order valence-corrected chi connectivity index (χ1v) is 22.9. The second kappa shape index (κ2) is 37.2. The summed E-state index contributed by atoms with van der Waals surface area (Å²) in [6.07, 6.45) is 25.5. The normalized spacial score (nSPS) is 8.24. The molecule has 0 saturated carbocycles. The lowest BCUT2D eigenvalue weighted by atomic mass is 10.00.